The SMILES string of the molecule is CCOc1ccccc1-n1nnnc1SCC(=O)c1[nH]c(C)c(C(C)=O)c1C. The molecule has 0 aliphatic rings. The number of carbonyl (C=O) groups excluding carboxylic acids is 2. The molecule has 0 aliphatic heterocycles. The normalized spacial score (nSPS) is 10.9. The topological polar surface area (TPSA) is 103 Å². The molecule has 8 nitrogen and oxygen atoms in total. The minimum atomic E-state index is -0.120. The van der Waals surface area contributed by atoms with E-state index in [4.69, 9.17) is 4.74 Å². The van der Waals surface area contributed by atoms with Gasteiger partial charge in [0.2, 0.25) is 5.16 Å². The third-order valence-electron chi connectivity index (χ3n) is 4.23. The molecule has 0 spiro atoms. The molecule has 0 amide bonds. The van der Waals surface area contributed by atoms with Crippen molar-refractivity contribution in [3.63, 3.8) is 0 Å². The van der Waals surface area contributed by atoms with Crippen LogP contribution < -0.4 is 4.74 Å². The number of thioether (sulfide) groups is 1. The molecule has 3 aromatic rings. The fourth-order valence-corrected chi connectivity index (χ4v) is 3.84. The van der Waals surface area contributed by atoms with Crippen LogP contribution in [-0.4, -0.2) is 49.1 Å². The quantitative estimate of drug-likeness (QED) is 0.458. The minimum absolute atomic E-state index is 0.0607. The number of aromatic amines is 1. The number of Topliss-reactive ketones (excluding diaryl/α,β-unsaturated/α-hetero) is 2. The number of rotatable bonds is 8. The summed E-state index contributed by atoms with van der Waals surface area (Å²) in [6.07, 6.45) is 0. The van der Waals surface area contributed by atoms with E-state index in [1.165, 1.54) is 18.7 Å². The number of benzene rings is 1. The number of ether oxygens (including phenoxy) is 1. The van der Waals surface area contributed by atoms with Gasteiger partial charge in [-0.25, -0.2) is 0 Å². The number of aromatic nitrogens is 5. The maximum Gasteiger partial charge on any atom is 0.214 e. The van der Waals surface area contributed by atoms with Gasteiger partial charge in [-0.1, -0.05) is 23.9 Å². The molecular weight excluding hydrogens is 378 g/mol. The third kappa shape index (κ3) is 3.84. The minimum Gasteiger partial charge on any atom is -0.492 e. The molecule has 1 N–H and O–H groups in total. The van der Waals surface area contributed by atoms with Crippen molar-refractivity contribution in [1.29, 1.82) is 0 Å². The lowest BCUT2D eigenvalue weighted by molar-refractivity contribution is 0.101. The van der Waals surface area contributed by atoms with Crippen LogP contribution in [0.3, 0.4) is 0 Å². The van der Waals surface area contributed by atoms with Crippen LogP contribution in [0.2, 0.25) is 0 Å². The highest BCUT2D eigenvalue weighted by Gasteiger charge is 2.21. The fraction of sp³-hybridized carbons (Fsp3) is 0.316. The van der Waals surface area contributed by atoms with E-state index >= 15 is 0 Å². The summed E-state index contributed by atoms with van der Waals surface area (Å²) in [5, 5.41) is 12.3. The molecule has 0 bridgehead atoms. The van der Waals surface area contributed by atoms with Crippen molar-refractivity contribution in [3.8, 4) is 11.4 Å². The molecule has 0 unspecified atom stereocenters. The van der Waals surface area contributed by atoms with Gasteiger partial charge in [0.1, 0.15) is 11.4 Å². The van der Waals surface area contributed by atoms with E-state index in [1.807, 2.05) is 31.2 Å². The van der Waals surface area contributed by atoms with Crippen LogP contribution in [0.4, 0.5) is 0 Å². The monoisotopic (exact) mass is 399 g/mol. The average Bonchev–Trinajstić information content (AvgIpc) is 3.24. The summed E-state index contributed by atoms with van der Waals surface area (Å²) in [6.45, 7) is 7.49. The van der Waals surface area contributed by atoms with E-state index in [1.54, 1.807) is 18.5 Å². The Hall–Kier alpha value is -2.94. The van der Waals surface area contributed by atoms with E-state index in [0.29, 0.717) is 45.7 Å². The molecule has 3 rings (SSSR count). The first-order chi connectivity index (χ1) is 13.4. The van der Waals surface area contributed by atoms with E-state index in [-0.39, 0.29) is 17.3 Å². The summed E-state index contributed by atoms with van der Waals surface area (Å²) < 4.78 is 7.19. The number of tetrazole rings is 1. The van der Waals surface area contributed by atoms with Crippen LogP contribution in [0, 0.1) is 13.8 Å². The van der Waals surface area contributed by atoms with Gasteiger partial charge in [0.25, 0.3) is 0 Å². The van der Waals surface area contributed by atoms with Crippen molar-refractivity contribution in [2.45, 2.75) is 32.9 Å². The van der Waals surface area contributed by atoms with Crippen molar-refractivity contribution in [2.24, 2.45) is 0 Å². The molecule has 146 valence electrons. The standard InChI is InChI=1S/C19H21N5O3S/c1-5-27-16-9-7-6-8-14(16)24-19(21-22-23-24)28-10-15(26)18-11(2)17(13(4)25)12(3)20-18/h6-9,20H,5,10H2,1-4H3. The second-order valence-electron chi connectivity index (χ2n) is 6.17. The molecule has 2 aromatic heterocycles. The molecule has 0 radical (unpaired) electrons. The first-order valence-corrected chi connectivity index (χ1v) is 9.79. The zero-order valence-corrected chi connectivity index (χ0v) is 17.0. The predicted octanol–water partition coefficient (Wildman–Crippen LogP) is 3.18. The third-order valence-corrected chi connectivity index (χ3v) is 5.15. The Bertz CT molecular complexity index is 1020. The summed E-state index contributed by atoms with van der Waals surface area (Å²) >= 11 is 1.23. The highest BCUT2D eigenvalue weighted by molar-refractivity contribution is 7.99. The molecule has 9 heteroatoms. The highest BCUT2D eigenvalue weighted by atomic mass is 32.2. The molecule has 0 saturated carbocycles. The largest absolute Gasteiger partial charge is 0.492 e. The van der Waals surface area contributed by atoms with Crippen molar-refractivity contribution in [1.82, 2.24) is 25.2 Å². The van der Waals surface area contributed by atoms with Crippen LogP contribution in [-0.2, 0) is 0 Å². The first-order valence-electron chi connectivity index (χ1n) is 8.80. The Morgan fingerprint density at radius 1 is 1.25 bits per heavy atom. The van der Waals surface area contributed by atoms with Crippen molar-refractivity contribution in [3.05, 3.63) is 46.8 Å². The van der Waals surface area contributed by atoms with Crippen LogP contribution in [0.1, 0.15) is 46.0 Å². The number of nitrogens with zero attached hydrogens (tertiary/aromatic N) is 4. The summed E-state index contributed by atoms with van der Waals surface area (Å²) in [5.41, 5.74) is 3.11. The van der Waals surface area contributed by atoms with Gasteiger partial charge in [-0.3, -0.25) is 9.59 Å². The summed E-state index contributed by atoms with van der Waals surface area (Å²) in [6, 6.07) is 7.44. The lowest BCUT2D eigenvalue weighted by atomic mass is 10.1. The van der Waals surface area contributed by atoms with Gasteiger partial charge < -0.3 is 9.72 Å². The summed E-state index contributed by atoms with van der Waals surface area (Å²) in [7, 11) is 0. The lowest BCUT2D eigenvalue weighted by Gasteiger charge is -2.10. The fourth-order valence-electron chi connectivity index (χ4n) is 3.09. The molecule has 0 atom stereocenters. The lowest BCUT2D eigenvalue weighted by Crippen LogP contribution is -2.08. The number of ketones is 2. The zero-order chi connectivity index (χ0) is 20.3. The maximum absolute atomic E-state index is 12.7. The highest BCUT2D eigenvalue weighted by Crippen LogP contribution is 2.27. The van der Waals surface area contributed by atoms with Crippen LogP contribution in [0.25, 0.3) is 5.69 Å². The van der Waals surface area contributed by atoms with Gasteiger partial charge in [0.15, 0.2) is 11.6 Å². The second-order valence-corrected chi connectivity index (χ2v) is 7.11. The second kappa shape index (κ2) is 8.39. The smallest absolute Gasteiger partial charge is 0.214 e. The van der Waals surface area contributed by atoms with E-state index in [9.17, 15) is 9.59 Å². The zero-order valence-electron chi connectivity index (χ0n) is 16.1. The number of hydrogen-bond acceptors (Lipinski definition) is 7. The number of carbonyl (C=O) groups is 2. The van der Waals surface area contributed by atoms with Crippen molar-refractivity contribution >= 4 is 23.3 Å². The maximum atomic E-state index is 12.7. The molecule has 28 heavy (non-hydrogen) atoms. The molecule has 0 saturated heterocycles. The summed E-state index contributed by atoms with van der Waals surface area (Å²) in [4.78, 5) is 27.5. The Labute approximate surface area is 166 Å². The number of nitrogens with one attached hydrogen (secondary N) is 1. The van der Waals surface area contributed by atoms with Gasteiger partial charge in [-0.05, 0) is 55.8 Å². The molecule has 0 aliphatic carbocycles. The van der Waals surface area contributed by atoms with Crippen LogP contribution >= 0.6 is 11.8 Å². The molecule has 0 fully saturated rings. The van der Waals surface area contributed by atoms with Crippen molar-refractivity contribution in [2.75, 3.05) is 12.4 Å². The van der Waals surface area contributed by atoms with Crippen molar-refractivity contribution < 1.29 is 14.3 Å². The Balaban J connectivity index is 1.81. The van der Waals surface area contributed by atoms with Crippen LogP contribution in [0.5, 0.6) is 5.75 Å². The first kappa shape index (κ1) is 19.8. The van der Waals surface area contributed by atoms with E-state index in [0.717, 1.165) is 0 Å². The van der Waals surface area contributed by atoms with Gasteiger partial charge in [-0.2, -0.15) is 4.68 Å². The van der Waals surface area contributed by atoms with E-state index < -0.39 is 0 Å². The Morgan fingerprint density at radius 3 is 2.68 bits per heavy atom. The van der Waals surface area contributed by atoms with Gasteiger partial charge >= 0.3 is 0 Å². The molecule has 1 aromatic carbocycles. The Kier molecular flexibility index (Phi) is 5.93. The number of hydrogen-bond donors (Lipinski definition) is 1. The summed E-state index contributed by atoms with van der Waals surface area (Å²) in [5.74, 6) is 0.613. The van der Waals surface area contributed by atoms with E-state index in [2.05, 4.69) is 20.5 Å². The average molecular weight is 399 g/mol. The molecule has 2 heterocycles. The number of para-hydroxylation sites is 2. The van der Waals surface area contributed by atoms with Gasteiger partial charge in [0, 0.05) is 11.3 Å². The predicted molar refractivity (Wildman–Crippen MR) is 106 cm³/mol. The number of H-pyrrole nitrogens is 1. The molecular formula is C19H21N5O3S. The van der Waals surface area contributed by atoms with Gasteiger partial charge in [0.05, 0.1) is 18.1 Å². The van der Waals surface area contributed by atoms with Gasteiger partial charge in [-0.15, -0.1) is 5.10 Å². The van der Waals surface area contributed by atoms with Crippen LogP contribution in [0.15, 0.2) is 29.4 Å². The number of aryl methyl sites for hydroxylation is 1. The Morgan fingerprint density at radius 2 is 2.00 bits per heavy atom.